The van der Waals surface area contributed by atoms with Crippen molar-refractivity contribution in [2.45, 2.75) is 45.9 Å². The van der Waals surface area contributed by atoms with E-state index >= 15 is 0 Å². The molecule has 0 aliphatic heterocycles. The quantitative estimate of drug-likeness (QED) is 0.746. The first-order valence-corrected chi connectivity index (χ1v) is 9.05. The van der Waals surface area contributed by atoms with Crippen molar-refractivity contribution in [3.05, 3.63) is 59.3 Å². The molecule has 1 heterocycles. The maximum absolute atomic E-state index is 12.3. The van der Waals surface area contributed by atoms with Gasteiger partial charge < -0.3 is 14.6 Å². The summed E-state index contributed by atoms with van der Waals surface area (Å²) in [6.45, 7) is 5.70. The Balaban J connectivity index is 2.23. The highest BCUT2D eigenvalue weighted by Gasteiger charge is 2.21. The van der Waals surface area contributed by atoms with Crippen molar-refractivity contribution >= 4 is 17.9 Å². The van der Waals surface area contributed by atoms with Gasteiger partial charge in [0, 0.05) is 12.1 Å². The van der Waals surface area contributed by atoms with Crippen molar-refractivity contribution in [2.75, 3.05) is 12.0 Å². The number of carbonyl (C=O) groups is 2. The molecule has 0 saturated heterocycles. The molecule has 7 heteroatoms. The zero-order valence-corrected chi connectivity index (χ0v) is 16.6. The fourth-order valence-corrected chi connectivity index (χ4v) is 2.80. The molecule has 150 valence electrons. The largest absolute Gasteiger partial charge is 0.479 e. The van der Waals surface area contributed by atoms with Gasteiger partial charge in [-0.25, -0.2) is 14.6 Å². The van der Waals surface area contributed by atoms with Crippen LogP contribution in [0, 0.1) is 6.92 Å². The Labute approximate surface area is 164 Å². The number of rotatable bonds is 8. The van der Waals surface area contributed by atoms with Crippen LogP contribution in [0.5, 0.6) is 0 Å². The number of hydrogen-bond acceptors (Lipinski definition) is 5. The Morgan fingerprint density at radius 3 is 2.43 bits per heavy atom. The topological polar surface area (TPSA) is 89.0 Å². The molecule has 7 nitrogen and oxygen atoms in total. The average Bonchev–Trinajstić information content (AvgIpc) is 2.65. The van der Waals surface area contributed by atoms with E-state index in [0.717, 1.165) is 16.8 Å². The van der Waals surface area contributed by atoms with Crippen LogP contribution in [0.3, 0.4) is 0 Å². The van der Waals surface area contributed by atoms with Crippen LogP contribution in [0.2, 0.25) is 0 Å². The van der Waals surface area contributed by atoms with Gasteiger partial charge in [-0.3, -0.25) is 4.90 Å². The van der Waals surface area contributed by atoms with Gasteiger partial charge in [0.1, 0.15) is 5.82 Å². The lowest BCUT2D eigenvalue weighted by Gasteiger charge is -2.21. The molecule has 0 spiro atoms. The molecule has 0 aliphatic carbocycles. The van der Waals surface area contributed by atoms with Crippen molar-refractivity contribution in [1.29, 1.82) is 0 Å². The van der Waals surface area contributed by atoms with Gasteiger partial charge in [0.15, 0.2) is 6.10 Å². The first-order chi connectivity index (χ1) is 13.3. The molecule has 1 aromatic heterocycles. The van der Waals surface area contributed by atoms with Gasteiger partial charge in [-0.15, -0.1) is 0 Å². The molecule has 1 aromatic carbocycles. The van der Waals surface area contributed by atoms with E-state index in [-0.39, 0.29) is 19.1 Å². The van der Waals surface area contributed by atoms with Gasteiger partial charge >= 0.3 is 12.1 Å². The average molecular weight is 386 g/mol. The lowest BCUT2D eigenvalue weighted by Crippen LogP contribution is -2.31. The number of anilines is 1. The molecule has 0 unspecified atom stereocenters. The maximum Gasteiger partial charge on any atom is 0.415 e. The highest BCUT2D eigenvalue weighted by atomic mass is 16.5. The minimum Gasteiger partial charge on any atom is -0.479 e. The van der Waals surface area contributed by atoms with Gasteiger partial charge in [-0.05, 0) is 44.0 Å². The number of nitrogens with zero attached hydrogens (tertiary/aromatic N) is 2. The van der Waals surface area contributed by atoms with Crippen molar-refractivity contribution < 1.29 is 24.2 Å². The van der Waals surface area contributed by atoms with E-state index in [9.17, 15) is 14.7 Å². The van der Waals surface area contributed by atoms with Gasteiger partial charge in [0.25, 0.3) is 0 Å². The summed E-state index contributed by atoms with van der Waals surface area (Å²) >= 11 is 0. The number of ether oxygens (including phenoxy) is 2. The molecule has 2 rings (SSSR count). The molecular weight excluding hydrogens is 360 g/mol. The SMILES string of the molecule is COC(=O)N(Cc1cccc(C[C@H](OC(C)C)C(=O)O)c1)c1cccc(C)n1. The molecule has 1 atom stereocenters. The first kappa shape index (κ1) is 21.4. The second kappa shape index (κ2) is 9.85. The number of benzene rings is 1. The number of carboxylic acid groups (broad SMARTS) is 1. The van der Waals surface area contributed by atoms with Crippen LogP contribution in [0.1, 0.15) is 30.7 Å². The fourth-order valence-electron chi connectivity index (χ4n) is 2.80. The summed E-state index contributed by atoms with van der Waals surface area (Å²) in [6.07, 6.45) is -1.39. The number of pyridine rings is 1. The maximum atomic E-state index is 12.3. The zero-order chi connectivity index (χ0) is 20.7. The van der Waals surface area contributed by atoms with Gasteiger partial charge in [-0.2, -0.15) is 0 Å². The highest BCUT2D eigenvalue weighted by Crippen LogP contribution is 2.18. The number of aromatic nitrogens is 1. The van der Waals surface area contributed by atoms with E-state index in [1.54, 1.807) is 19.9 Å². The number of carboxylic acids is 1. The number of aryl methyl sites for hydroxylation is 1. The van der Waals surface area contributed by atoms with Gasteiger partial charge in [0.05, 0.1) is 19.8 Å². The van der Waals surface area contributed by atoms with Crippen LogP contribution in [-0.4, -0.2) is 41.5 Å². The fraction of sp³-hybridized carbons (Fsp3) is 0.381. The van der Waals surface area contributed by atoms with Crippen molar-refractivity contribution in [3.8, 4) is 0 Å². The normalized spacial score (nSPS) is 11.9. The summed E-state index contributed by atoms with van der Waals surface area (Å²) in [5, 5.41) is 9.37. The third-order valence-corrected chi connectivity index (χ3v) is 4.01. The Morgan fingerprint density at radius 1 is 1.14 bits per heavy atom. The summed E-state index contributed by atoms with van der Waals surface area (Å²) in [7, 11) is 1.32. The van der Waals surface area contributed by atoms with Crippen LogP contribution in [0.15, 0.2) is 42.5 Å². The standard InChI is InChI=1S/C21H26N2O5/c1-14(2)28-18(20(24)25)12-16-8-6-9-17(11-16)13-23(21(26)27-4)19-10-5-7-15(3)22-19/h5-11,14,18H,12-13H2,1-4H3,(H,24,25)/t18-/m0/s1. The summed E-state index contributed by atoms with van der Waals surface area (Å²) in [5.74, 6) is -0.511. The zero-order valence-electron chi connectivity index (χ0n) is 16.6. The van der Waals surface area contributed by atoms with Crippen molar-refractivity contribution in [2.24, 2.45) is 0 Å². The molecule has 0 radical (unpaired) electrons. The lowest BCUT2D eigenvalue weighted by atomic mass is 10.0. The lowest BCUT2D eigenvalue weighted by molar-refractivity contribution is -0.153. The third-order valence-electron chi connectivity index (χ3n) is 4.01. The monoisotopic (exact) mass is 386 g/mol. The van der Waals surface area contributed by atoms with E-state index < -0.39 is 18.2 Å². The van der Waals surface area contributed by atoms with Crippen LogP contribution < -0.4 is 4.90 Å². The Bertz CT molecular complexity index is 822. The van der Waals surface area contributed by atoms with E-state index in [1.807, 2.05) is 43.3 Å². The van der Waals surface area contributed by atoms with Gasteiger partial charge in [-0.1, -0.05) is 30.3 Å². The number of amides is 1. The number of carbonyl (C=O) groups excluding carboxylic acids is 1. The van der Waals surface area contributed by atoms with Crippen LogP contribution in [0.25, 0.3) is 0 Å². The third kappa shape index (κ3) is 6.06. The molecule has 1 N–H and O–H groups in total. The van der Waals surface area contributed by atoms with E-state index in [2.05, 4.69) is 4.98 Å². The van der Waals surface area contributed by atoms with Crippen LogP contribution >= 0.6 is 0 Å². The van der Waals surface area contributed by atoms with Crippen LogP contribution in [0.4, 0.5) is 10.6 Å². The number of hydrogen-bond donors (Lipinski definition) is 1. The number of methoxy groups -OCH3 is 1. The molecule has 1 amide bonds. The van der Waals surface area contributed by atoms with Crippen molar-refractivity contribution in [1.82, 2.24) is 4.98 Å². The minimum atomic E-state index is -1.00. The summed E-state index contributed by atoms with van der Waals surface area (Å²) < 4.78 is 10.4. The molecule has 0 saturated carbocycles. The minimum absolute atomic E-state index is 0.188. The predicted octanol–water partition coefficient (Wildman–Crippen LogP) is 3.58. The first-order valence-electron chi connectivity index (χ1n) is 9.05. The predicted molar refractivity (Wildman–Crippen MR) is 105 cm³/mol. The molecule has 0 bridgehead atoms. The number of aliphatic carboxylic acids is 1. The van der Waals surface area contributed by atoms with E-state index in [1.165, 1.54) is 12.0 Å². The second-order valence-corrected chi connectivity index (χ2v) is 6.73. The molecular formula is C21H26N2O5. The molecule has 28 heavy (non-hydrogen) atoms. The van der Waals surface area contributed by atoms with E-state index in [4.69, 9.17) is 9.47 Å². The Hall–Kier alpha value is -2.93. The second-order valence-electron chi connectivity index (χ2n) is 6.73. The summed E-state index contributed by atoms with van der Waals surface area (Å²) in [6, 6.07) is 12.8. The molecule has 2 aromatic rings. The Kier molecular flexibility index (Phi) is 7.52. The van der Waals surface area contributed by atoms with E-state index in [0.29, 0.717) is 5.82 Å². The molecule has 0 fully saturated rings. The Morgan fingerprint density at radius 2 is 1.82 bits per heavy atom. The van der Waals surface area contributed by atoms with Crippen molar-refractivity contribution in [3.63, 3.8) is 0 Å². The highest BCUT2D eigenvalue weighted by molar-refractivity contribution is 5.86. The smallest absolute Gasteiger partial charge is 0.415 e. The van der Waals surface area contributed by atoms with Gasteiger partial charge in [0.2, 0.25) is 0 Å². The summed E-state index contributed by atoms with van der Waals surface area (Å²) in [5.41, 5.74) is 2.43. The summed E-state index contributed by atoms with van der Waals surface area (Å²) in [4.78, 5) is 29.5. The molecule has 0 aliphatic rings. The van der Waals surface area contributed by atoms with Crippen LogP contribution in [-0.2, 0) is 27.2 Å².